The number of piperidine rings is 1. The summed E-state index contributed by atoms with van der Waals surface area (Å²) in [7, 11) is 0. The minimum Gasteiger partial charge on any atom is -0.365 e. The van der Waals surface area contributed by atoms with Crippen LogP contribution in [0.1, 0.15) is 37.3 Å². The number of carbonyl (C=O) groups is 1. The molecule has 1 saturated heterocycles. The predicted octanol–water partition coefficient (Wildman–Crippen LogP) is 2.69. The second-order valence-corrected chi connectivity index (χ2v) is 7.97. The Morgan fingerprint density at radius 1 is 1.35 bits per heavy atom. The lowest BCUT2D eigenvalue weighted by molar-refractivity contribution is -0.127. The molecule has 10 heteroatoms. The normalized spacial score (nSPS) is 18.5. The summed E-state index contributed by atoms with van der Waals surface area (Å²) in [5, 5.41) is 21.2. The van der Waals surface area contributed by atoms with Gasteiger partial charge in [0.15, 0.2) is 0 Å². The van der Waals surface area contributed by atoms with Gasteiger partial charge in [0.1, 0.15) is 17.5 Å². The summed E-state index contributed by atoms with van der Waals surface area (Å²) >= 11 is 0. The van der Waals surface area contributed by atoms with Crippen LogP contribution in [0.15, 0.2) is 31.2 Å². The number of anilines is 3. The van der Waals surface area contributed by atoms with Crippen LogP contribution in [0.2, 0.25) is 0 Å². The fraction of sp³-hybridized carbons (Fsp3) is 0.381. The summed E-state index contributed by atoms with van der Waals surface area (Å²) < 4.78 is 1.95. The lowest BCUT2D eigenvalue weighted by atomic mass is 10.1. The van der Waals surface area contributed by atoms with Crippen LogP contribution < -0.4 is 10.6 Å². The molecule has 4 heterocycles. The predicted molar refractivity (Wildman–Crippen MR) is 116 cm³/mol. The first-order valence-corrected chi connectivity index (χ1v) is 10.4. The van der Waals surface area contributed by atoms with Crippen LogP contribution in [0.3, 0.4) is 0 Å². The lowest BCUT2D eigenvalue weighted by Gasteiger charge is -2.33. The number of nitriles is 1. The molecule has 1 unspecified atom stereocenters. The fourth-order valence-corrected chi connectivity index (χ4v) is 3.97. The third-order valence-corrected chi connectivity index (χ3v) is 5.68. The Balaban J connectivity index is 1.43. The van der Waals surface area contributed by atoms with Crippen molar-refractivity contribution in [2.75, 3.05) is 23.7 Å². The van der Waals surface area contributed by atoms with Gasteiger partial charge in [0, 0.05) is 31.5 Å². The first kappa shape index (κ1) is 19.1. The third-order valence-electron chi connectivity index (χ3n) is 5.68. The maximum Gasteiger partial charge on any atom is 0.246 e. The van der Waals surface area contributed by atoms with Crippen molar-refractivity contribution in [3.05, 3.63) is 36.8 Å². The molecule has 3 aromatic heterocycles. The van der Waals surface area contributed by atoms with E-state index in [1.54, 1.807) is 17.3 Å². The highest BCUT2D eigenvalue weighted by Crippen LogP contribution is 2.35. The van der Waals surface area contributed by atoms with Crippen LogP contribution in [0, 0.1) is 11.3 Å². The maximum atomic E-state index is 12.0. The summed E-state index contributed by atoms with van der Waals surface area (Å²) in [5.41, 5.74) is 1.85. The van der Waals surface area contributed by atoms with E-state index in [0.29, 0.717) is 47.5 Å². The van der Waals surface area contributed by atoms with Crippen molar-refractivity contribution in [3.63, 3.8) is 0 Å². The smallest absolute Gasteiger partial charge is 0.246 e. The molecule has 1 aliphatic carbocycles. The number of hydrogen-bond acceptors (Lipinski definition) is 7. The molecule has 31 heavy (non-hydrogen) atoms. The van der Waals surface area contributed by atoms with Crippen LogP contribution in [-0.4, -0.2) is 54.7 Å². The number of nitrogens with zero attached hydrogens (tertiary/aromatic N) is 6. The molecule has 0 aromatic carbocycles. The maximum absolute atomic E-state index is 12.0. The number of amides is 1. The van der Waals surface area contributed by atoms with Crippen LogP contribution >= 0.6 is 0 Å². The Bertz CT molecular complexity index is 1180. The number of rotatable bonds is 6. The molecule has 0 bridgehead atoms. The fourth-order valence-electron chi connectivity index (χ4n) is 3.97. The summed E-state index contributed by atoms with van der Waals surface area (Å²) in [6.07, 6.45) is 10.8. The highest BCUT2D eigenvalue weighted by molar-refractivity contribution is 5.94. The molecule has 158 valence electrons. The molecular formula is C21H23N9O. The van der Waals surface area contributed by atoms with Gasteiger partial charge >= 0.3 is 0 Å². The van der Waals surface area contributed by atoms with E-state index in [0.717, 1.165) is 31.4 Å². The Kier molecular flexibility index (Phi) is 4.78. The van der Waals surface area contributed by atoms with Gasteiger partial charge in [0.25, 0.3) is 0 Å². The van der Waals surface area contributed by atoms with Gasteiger partial charge < -0.3 is 20.5 Å². The number of fused-ring (bicyclic) bond motifs is 1. The van der Waals surface area contributed by atoms with Crippen molar-refractivity contribution in [3.8, 4) is 6.07 Å². The van der Waals surface area contributed by atoms with Gasteiger partial charge in [-0.2, -0.15) is 20.3 Å². The number of carbonyl (C=O) groups excluding carboxylic acids is 1. The summed E-state index contributed by atoms with van der Waals surface area (Å²) in [5.74, 6) is 0.901. The molecule has 10 nitrogen and oxygen atoms in total. The van der Waals surface area contributed by atoms with Crippen LogP contribution in [-0.2, 0) is 4.79 Å². The number of nitrogens with one attached hydrogen (secondary N) is 3. The van der Waals surface area contributed by atoms with Crippen molar-refractivity contribution in [2.45, 2.75) is 37.8 Å². The zero-order valence-electron chi connectivity index (χ0n) is 17.0. The molecule has 1 amide bonds. The Morgan fingerprint density at radius 3 is 3.00 bits per heavy atom. The highest BCUT2D eigenvalue weighted by atomic mass is 16.2. The third kappa shape index (κ3) is 3.82. The van der Waals surface area contributed by atoms with E-state index in [1.807, 2.05) is 10.9 Å². The molecule has 0 spiro atoms. The molecule has 3 aromatic rings. The average molecular weight is 417 g/mol. The number of hydrogen-bond donors (Lipinski definition) is 3. The number of H-pyrrole nitrogens is 1. The van der Waals surface area contributed by atoms with E-state index in [9.17, 15) is 10.1 Å². The van der Waals surface area contributed by atoms with Gasteiger partial charge in [-0.25, -0.2) is 0 Å². The molecule has 1 atom stereocenters. The minimum atomic E-state index is -0.0753. The number of aromatic amines is 1. The highest BCUT2D eigenvalue weighted by Gasteiger charge is 2.25. The Morgan fingerprint density at radius 2 is 2.23 bits per heavy atom. The zero-order chi connectivity index (χ0) is 21.4. The topological polar surface area (TPSA) is 128 Å². The molecule has 2 aliphatic rings. The molecule has 1 saturated carbocycles. The van der Waals surface area contributed by atoms with E-state index >= 15 is 0 Å². The van der Waals surface area contributed by atoms with Crippen LogP contribution in [0.4, 0.5) is 17.5 Å². The molecule has 5 rings (SSSR count). The van der Waals surface area contributed by atoms with Crippen molar-refractivity contribution in [2.24, 2.45) is 0 Å². The molecule has 2 fully saturated rings. The van der Waals surface area contributed by atoms with Crippen molar-refractivity contribution in [1.29, 1.82) is 5.26 Å². The van der Waals surface area contributed by atoms with Gasteiger partial charge in [0.2, 0.25) is 11.9 Å². The number of likely N-dealkylation sites (tertiary alicyclic amines) is 1. The molecular weight excluding hydrogens is 394 g/mol. The summed E-state index contributed by atoms with van der Waals surface area (Å²) in [6, 6.07) is 2.70. The van der Waals surface area contributed by atoms with E-state index < -0.39 is 0 Å². The van der Waals surface area contributed by atoms with Gasteiger partial charge in [-0.05, 0) is 31.8 Å². The largest absolute Gasteiger partial charge is 0.365 e. The Hall–Kier alpha value is -3.87. The van der Waals surface area contributed by atoms with E-state index in [4.69, 9.17) is 0 Å². The standard InChI is InChI=1S/C21H23N9O/c1-2-17(31)29-7-3-4-14(11-29)25-20-18-13(8-22)9-23-19(18)27-21(28-20)26-15-10-24-30(12-15)16-5-6-16/h2,9-10,12,14,16H,1,3-7,11H2,(H3,23,25,26,27,28). The van der Waals surface area contributed by atoms with Crippen LogP contribution in [0.5, 0.6) is 0 Å². The molecule has 0 radical (unpaired) electrons. The second-order valence-electron chi connectivity index (χ2n) is 7.97. The first-order valence-electron chi connectivity index (χ1n) is 10.4. The summed E-state index contributed by atoms with van der Waals surface area (Å²) in [4.78, 5) is 26.1. The molecule has 3 N–H and O–H groups in total. The Labute approximate surface area is 179 Å². The SMILES string of the molecule is C=CC(=O)N1CCCC(Nc2nc(Nc3cnn(C4CC4)c3)nc3[nH]cc(C#N)c23)C1. The molecule has 1 aliphatic heterocycles. The van der Waals surface area contributed by atoms with Crippen LogP contribution in [0.25, 0.3) is 11.0 Å². The average Bonchev–Trinajstić information content (AvgIpc) is 3.39. The summed E-state index contributed by atoms with van der Waals surface area (Å²) in [6.45, 7) is 4.85. The van der Waals surface area contributed by atoms with E-state index in [1.165, 1.54) is 6.08 Å². The quantitative estimate of drug-likeness (QED) is 0.526. The lowest BCUT2D eigenvalue weighted by Crippen LogP contribution is -2.44. The zero-order valence-corrected chi connectivity index (χ0v) is 17.0. The van der Waals surface area contributed by atoms with Gasteiger partial charge in [0.05, 0.1) is 28.9 Å². The van der Waals surface area contributed by atoms with Crippen molar-refractivity contribution < 1.29 is 4.79 Å². The first-order chi connectivity index (χ1) is 15.1. The number of aromatic nitrogens is 5. The van der Waals surface area contributed by atoms with Crippen molar-refractivity contribution in [1.82, 2.24) is 29.6 Å². The van der Waals surface area contributed by atoms with E-state index in [2.05, 4.69) is 43.3 Å². The van der Waals surface area contributed by atoms with E-state index in [-0.39, 0.29) is 11.9 Å². The van der Waals surface area contributed by atoms with Gasteiger partial charge in [-0.3, -0.25) is 9.48 Å². The second kappa shape index (κ2) is 7.75. The van der Waals surface area contributed by atoms with Gasteiger partial charge in [-0.15, -0.1) is 0 Å². The van der Waals surface area contributed by atoms with Gasteiger partial charge in [-0.1, -0.05) is 6.58 Å². The monoisotopic (exact) mass is 417 g/mol. The minimum absolute atomic E-state index is 0.0164. The van der Waals surface area contributed by atoms with Crippen molar-refractivity contribution >= 4 is 34.4 Å².